The topological polar surface area (TPSA) is 70.9 Å². The lowest BCUT2D eigenvalue weighted by Crippen LogP contribution is -2.11. The van der Waals surface area contributed by atoms with Crippen molar-refractivity contribution in [3.63, 3.8) is 0 Å². The fourth-order valence-corrected chi connectivity index (χ4v) is 3.35. The van der Waals surface area contributed by atoms with Gasteiger partial charge in [-0.05, 0) is 77.7 Å². The lowest BCUT2D eigenvalue weighted by Gasteiger charge is -2.17. The molecule has 1 N–H and O–H groups in total. The zero-order valence-corrected chi connectivity index (χ0v) is 17.9. The van der Waals surface area contributed by atoms with Crippen molar-refractivity contribution in [2.24, 2.45) is 0 Å². The van der Waals surface area contributed by atoms with Crippen LogP contribution in [0, 0.1) is 18.3 Å². The van der Waals surface area contributed by atoms with Crippen LogP contribution in [0.1, 0.15) is 37.2 Å². The van der Waals surface area contributed by atoms with Crippen LogP contribution in [0.4, 0.5) is 0 Å². The van der Waals surface area contributed by atoms with E-state index < -0.39 is 0 Å². The Morgan fingerprint density at radius 2 is 2.14 bits per heavy atom. The third kappa shape index (κ3) is 4.20. The number of hydrogen-bond acceptors (Lipinski definition) is 4. The largest absolute Gasteiger partial charge is 0.493 e. The van der Waals surface area contributed by atoms with E-state index in [0.717, 1.165) is 33.1 Å². The van der Waals surface area contributed by atoms with Crippen molar-refractivity contribution in [3.05, 3.63) is 51.8 Å². The maximum atomic E-state index is 9.68. The summed E-state index contributed by atoms with van der Waals surface area (Å²) < 4.78 is 12.2. The van der Waals surface area contributed by atoms with Gasteiger partial charge in [-0.15, -0.1) is 0 Å². The first-order valence-corrected chi connectivity index (χ1v) is 9.87. The second-order valence-electron chi connectivity index (χ2n) is 6.65. The van der Waals surface area contributed by atoms with Gasteiger partial charge in [-0.25, -0.2) is 4.98 Å². The summed E-state index contributed by atoms with van der Waals surface area (Å²) in [4.78, 5) is 7.77. The number of fused-ring (bicyclic) bond motifs is 1. The molecule has 1 heterocycles. The van der Waals surface area contributed by atoms with Gasteiger partial charge in [0.1, 0.15) is 11.9 Å². The van der Waals surface area contributed by atoms with Crippen LogP contribution >= 0.6 is 15.9 Å². The third-order valence-electron chi connectivity index (χ3n) is 4.47. The van der Waals surface area contributed by atoms with Crippen molar-refractivity contribution in [2.75, 3.05) is 7.11 Å². The molecule has 0 radical (unpaired) electrons. The predicted octanol–water partition coefficient (Wildman–Crippen LogP) is 5.88. The average molecular weight is 440 g/mol. The maximum Gasteiger partial charge on any atom is 0.175 e. The van der Waals surface area contributed by atoms with Crippen LogP contribution in [0.3, 0.4) is 0 Å². The average Bonchev–Trinajstić information content (AvgIpc) is 3.10. The van der Waals surface area contributed by atoms with Crippen LogP contribution < -0.4 is 9.47 Å². The predicted molar refractivity (Wildman–Crippen MR) is 115 cm³/mol. The summed E-state index contributed by atoms with van der Waals surface area (Å²) in [6.45, 7) is 6.10. The highest BCUT2D eigenvalue weighted by Crippen LogP contribution is 2.38. The number of nitrogens with zero attached hydrogens (tertiary/aromatic N) is 2. The van der Waals surface area contributed by atoms with E-state index in [1.165, 1.54) is 0 Å². The van der Waals surface area contributed by atoms with Gasteiger partial charge >= 0.3 is 0 Å². The van der Waals surface area contributed by atoms with Crippen molar-refractivity contribution in [1.29, 1.82) is 5.26 Å². The molecule has 1 unspecified atom stereocenters. The number of rotatable bonds is 6. The molecule has 2 aromatic carbocycles. The van der Waals surface area contributed by atoms with Gasteiger partial charge in [0.25, 0.3) is 0 Å². The van der Waals surface area contributed by atoms with E-state index in [1.54, 1.807) is 13.2 Å². The molecule has 1 atom stereocenters. The summed E-state index contributed by atoms with van der Waals surface area (Å²) in [5.41, 5.74) is 4.13. The molecule has 0 bridgehead atoms. The monoisotopic (exact) mass is 439 g/mol. The molecule has 0 aliphatic heterocycles. The summed E-state index contributed by atoms with van der Waals surface area (Å²) in [6, 6.07) is 12.0. The lowest BCUT2D eigenvalue weighted by atomic mass is 10.1. The number of aromatic nitrogens is 2. The van der Waals surface area contributed by atoms with Gasteiger partial charge < -0.3 is 14.5 Å². The first-order chi connectivity index (χ1) is 13.4. The highest BCUT2D eigenvalue weighted by molar-refractivity contribution is 9.10. The van der Waals surface area contributed by atoms with Gasteiger partial charge in [0.05, 0.1) is 34.3 Å². The molecular weight excluding hydrogens is 418 g/mol. The van der Waals surface area contributed by atoms with E-state index >= 15 is 0 Å². The SMILES string of the molecule is CCC(C)Oc1c(Br)cc(C=C(C#N)c2nc3ccc(C)cc3[nH]2)cc1OC. The minimum absolute atomic E-state index is 0.0697. The van der Waals surface area contributed by atoms with E-state index in [9.17, 15) is 5.26 Å². The Bertz CT molecular complexity index is 1080. The lowest BCUT2D eigenvalue weighted by molar-refractivity contribution is 0.206. The molecule has 0 saturated heterocycles. The van der Waals surface area contributed by atoms with E-state index in [2.05, 4.69) is 38.9 Å². The van der Waals surface area contributed by atoms with Gasteiger partial charge in [0.15, 0.2) is 11.5 Å². The van der Waals surface area contributed by atoms with Gasteiger partial charge in [-0.2, -0.15) is 5.26 Å². The fourth-order valence-electron chi connectivity index (χ4n) is 2.79. The zero-order chi connectivity index (χ0) is 20.3. The van der Waals surface area contributed by atoms with E-state index in [4.69, 9.17) is 9.47 Å². The molecule has 0 aliphatic rings. The van der Waals surface area contributed by atoms with Gasteiger partial charge in [0.2, 0.25) is 0 Å². The second kappa shape index (κ2) is 8.49. The molecule has 0 spiro atoms. The van der Waals surface area contributed by atoms with Crippen molar-refractivity contribution >= 4 is 38.6 Å². The first kappa shape index (κ1) is 20.0. The number of H-pyrrole nitrogens is 1. The quantitative estimate of drug-likeness (QED) is 0.486. The molecule has 6 heteroatoms. The van der Waals surface area contributed by atoms with E-state index in [0.29, 0.717) is 22.9 Å². The van der Waals surface area contributed by atoms with Crippen LogP contribution in [0.2, 0.25) is 0 Å². The van der Waals surface area contributed by atoms with Crippen LogP contribution in [0.25, 0.3) is 22.7 Å². The van der Waals surface area contributed by atoms with E-state index in [1.807, 2.05) is 44.2 Å². The molecule has 0 aliphatic carbocycles. The molecule has 3 rings (SSSR count). The third-order valence-corrected chi connectivity index (χ3v) is 5.06. The maximum absolute atomic E-state index is 9.68. The molecule has 0 fully saturated rings. The summed E-state index contributed by atoms with van der Waals surface area (Å²) in [7, 11) is 1.60. The number of allylic oxidation sites excluding steroid dienone is 1. The number of aromatic amines is 1. The summed E-state index contributed by atoms with van der Waals surface area (Å²) in [5, 5.41) is 9.68. The van der Waals surface area contributed by atoms with E-state index in [-0.39, 0.29) is 6.10 Å². The van der Waals surface area contributed by atoms with Gasteiger partial charge in [0, 0.05) is 0 Å². The minimum atomic E-state index is 0.0697. The number of nitrogens with one attached hydrogen (secondary N) is 1. The van der Waals surface area contributed by atoms with Crippen LogP contribution in [0.5, 0.6) is 11.5 Å². The van der Waals surface area contributed by atoms with Crippen molar-refractivity contribution in [2.45, 2.75) is 33.3 Å². The fraction of sp³-hybridized carbons (Fsp3) is 0.273. The molecule has 1 aromatic heterocycles. The Hall–Kier alpha value is -2.78. The molecule has 3 aromatic rings. The first-order valence-electron chi connectivity index (χ1n) is 9.07. The van der Waals surface area contributed by atoms with Crippen molar-refractivity contribution in [1.82, 2.24) is 9.97 Å². The Morgan fingerprint density at radius 3 is 2.82 bits per heavy atom. The number of imidazole rings is 1. The van der Waals surface area contributed by atoms with Crippen LogP contribution in [0.15, 0.2) is 34.8 Å². The molecule has 0 saturated carbocycles. The molecule has 28 heavy (non-hydrogen) atoms. The normalized spacial score (nSPS) is 12.6. The zero-order valence-electron chi connectivity index (χ0n) is 16.3. The highest BCUT2D eigenvalue weighted by atomic mass is 79.9. The number of ether oxygens (including phenoxy) is 2. The number of nitriles is 1. The Labute approximate surface area is 173 Å². The molecule has 0 amide bonds. The Balaban J connectivity index is 2.02. The standard InChI is InChI=1S/C22H22BrN3O2/c1-5-14(3)28-21-17(23)10-15(11-20(21)27-4)9-16(12-24)22-25-18-7-6-13(2)8-19(18)26-22/h6-11,14H,5H2,1-4H3,(H,25,26). The minimum Gasteiger partial charge on any atom is -0.493 e. The van der Waals surface area contributed by atoms with Crippen molar-refractivity contribution < 1.29 is 9.47 Å². The molecule has 144 valence electrons. The summed E-state index contributed by atoms with van der Waals surface area (Å²) >= 11 is 3.56. The van der Waals surface area contributed by atoms with Crippen LogP contribution in [-0.4, -0.2) is 23.2 Å². The number of methoxy groups -OCH3 is 1. The van der Waals surface area contributed by atoms with Crippen molar-refractivity contribution in [3.8, 4) is 17.6 Å². The smallest absolute Gasteiger partial charge is 0.175 e. The number of benzene rings is 2. The highest BCUT2D eigenvalue weighted by Gasteiger charge is 2.15. The Kier molecular flexibility index (Phi) is 6.05. The number of aryl methyl sites for hydroxylation is 1. The van der Waals surface area contributed by atoms with Gasteiger partial charge in [-0.3, -0.25) is 0 Å². The molecule has 5 nitrogen and oxygen atoms in total. The number of hydrogen-bond donors (Lipinski definition) is 1. The Morgan fingerprint density at radius 1 is 1.36 bits per heavy atom. The summed E-state index contributed by atoms with van der Waals surface area (Å²) in [6.07, 6.45) is 2.74. The second-order valence-corrected chi connectivity index (χ2v) is 7.50. The number of halogens is 1. The molecular formula is C22H22BrN3O2. The van der Waals surface area contributed by atoms with Crippen LogP contribution in [-0.2, 0) is 0 Å². The summed E-state index contributed by atoms with van der Waals surface area (Å²) in [5.74, 6) is 1.81. The van der Waals surface area contributed by atoms with Gasteiger partial charge in [-0.1, -0.05) is 13.0 Å².